The van der Waals surface area contributed by atoms with Gasteiger partial charge in [0.15, 0.2) is 0 Å². The number of aliphatic hydroxyl groups is 1. The van der Waals surface area contributed by atoms with Gasteiger partial charge in [-0.05, 0) is 57.0 Å². The molecule has 0 aromatic carbocycles. The molecule has 3 rings (SSSR count). The number of aliphatic hydroxyl groups excluding tert-OH is 1. The van der Waals surface area contributed by atoms with Gasteiger partial charge in [0.25, 0.3) is 0 Å². The Balaban J connectivity index is 1.29. The van der Waals surface area contributed by atoms with Crippen molar-refractivity contribution in [2.24, 2.45) is 11.8 Å². The number of rotatable bonds is 5. The quantitative estimate of drug-likeness (QED) is 0.676. The van der Waals surface area contributed by atoms with Gasteiger partial charge in [0.05, 0.1) is 12.2 Å². The molecule has 5 atom stereocenters. The van der Waals surface area contributed by atoms with Gasteiger partial charge in [0.1, 0.15) is 0 Å². The van der Waals surface area contributed by atoms with Crippen LogP contribution in [0.3, 0.4) is 0 Å². The van der Waals surface area contributed by atoms with Crippen molar-refractivity contribution in [3.05, 3.63) is 0 Å². The van der Waals surface area contributed by atoms with Crippen molar-refractivity contribution in [2.45, 2.75) is 69.6 Å². The third-order valence-electron chi connectivity index (χ3n) is 5.65. The summed E-state index contributed by atoms with van der Waals surface area (Å²) in [5.74, 6) is 1.78. The molecule has 3 fully saturated rings. The van der Waals surface area contributed by atoms with Crippen molar-refractivity contribution in [1.82, 2.24) is 10.6 Å². The second kappa shape index (κ2) is 7.91. The molecule has 0 radical (unpaired) electrons. The topological polar surface area (TPSA) is 53.5 Å². The van der Waals surface area contributed by atoms with Gasteiger partial charge in [-0.3, -0.25) is 0 Å². The summed E-state index contributed by atoms with van der Waals surface area (Å²) in [7, 11) is 0. The molecular weight excluding hydrogens is 264 g/mol. The van der Waals surface area contributed by atoms with E-state index in [1.807, 2.05) is 0 Å². The zero-order chi connectivity index (χ0) is 14.5. The summed E-state index contributed by atoms with van der Waals surface area (Å²) in [6.45, 7) is 3.90. The maximum absolute atomic E-state index is 9.63. The van der Waals surface area contributed by atoms with Crippen LogP contribution in [-0.2, 0) is 4.74 Å². The molecule has 3 N–H and O–H groups in total. The number of nitrogens with one attached hydrogen (secondary N) is 2. The molecule has 0 spiro atoms. The van der Waals surface area contributed by atoms with Crippen molar-refractivity contribution in [3.8, 4) is 0 Å². The number of hydrogen-bond donors (Lipinski definition) is 3. The summed E-state index contributed by atoms with van der Waals surface area (Å²) in [5, 5.41) is 16.9. The van der Waals surface area contributed by atoms with Gasteiger partial charge >= 0.3 is 0 Å². The molecule has 2 aliphatic heterocycles. The van der Waals surface area contributed by atoms with Gasteiger partial charge < -0.3 is 20.5 Å². The first-order valence-electron chi connectivity index (χ1n) is 9.05. The predicted molar refractivity (Wildman–Crippen MR) is 84.3 cm³/mol. The van der Waals surface area contributed by atoms with Gasteiger partial charge in [-0.2, -0.15) is 0 Å². The van der Waals surface area contributed by atoms with Crippen molar-refractivity contribution >= 4 is 0 Å². The molecular formula is C17H32N2O2. The van der Waals surface area contributed by atoms with Crippen molar-refractivity contribution in [2.75, 3.05) is 26.2 Å². The highest BCUT2D eigenvalue weighted by atomic mass is 16.5. The van der Waals surface area contributed by atoms with E-state index in [1.54, 1.807) is 0 Å². The SMILES string of the molecule is O[C@@H]1CCO[C@H](CNCCC2CNC3CCCCC3C2)C1. The average Bonchev–Trinajstić information content (AvgIpc) is 2.51. The number of fused-ring (bicyclic) bond motifs is 1. The third kappa shape index (κ3) is 4.65. The van der Waals surface area contributed by atoms with E-state index in [0.29, 0.717) is 6.61 Å². The predicted octanol–water partition coefficient (Wildman–Crippen LogP) is 1.67. The molecule has 3 unspecified atom stereocenters. The summed E-state index contributed by atoms with van der Waals surface area (Å²) in [5.41, 5.74) is 0. The fraction of sp³-hybridized carbons (Fsp3) is 1.00. The van der Waals surface area contributed by atoms with E-state index >= 15 is 0 Å². The third-order valence-corrected chi connectivity index (χ3v) is 5.65. The maximum atomic E-state index is 9.63. The maximum Gasteiger partial charge on any atom is 0.0724 e. The summed E-state index contributed by atoms with van der Waals surface area (Å²) in [6.07, 6.45) is 10.0. The Morgan fingerprint density at radius 3 is 2.95 bits per heavy atom. The molecule has 1 saturated carbocycles. The Hall–Kier alpha value is -0.160. The van der Waals surface area contributed by atoms with Gasteiger partial charge in [-0.25, -0.2) is 0 Å². The minimum atomic E-state index is -0.156. The van der Waals surface area contributed by atoms with Crippen molar-refractivity contribution in [1.29, 1.82) is 0 Å². The van der Waals surface area contributed by atoms with Crippen LogP contribution < -0.4 is 10.6 Å². The fourth-order valence-electron chi connectivity index (χ4n) is 4.38. The molecule has 0 bridgehead atoms. The Kier molecular flexibility index (Phi) is 5.92. The van der Waals surface area contributed by atoms with Gasteiger partial charge in [0.2, 0.25) is 0 Å². The van der Waals surface area contributed by atoms with Crippen LogP contribution in [-0.4, -0.2) is 49.6 Å². The highest BCUT2D eigenvalue weighted by Crippen LogP contribution is 2.33. The second-order valence-electron chi connectivity index (χ2n) is 7.32. The van der Waals surface area contributed by atoms with Gasteiger partial charge in [-0.15, -0.1) is 0 Å². The molecule has 4 heteroatoms. The lowest BCUT2D eigenvalue weighted by Crippen LogP contribution is -2.47. The first-order valence-corrected chi connectivity index (χ1v) is 9.05. The van der Waals surface area contributed by atoms with Gasteiger partial charge in [-0.1, -0.05) is 12.8 Å². The molecule has 21 heavy (non-hydrogen) atoms. The molecule has 0 amide bonds. The van der Waals surface area contributed by atoms with Crippen LogP contribution in [0, 0.1) is 11.8 Å². The van der Waals surface area contributed by atoms with E-state index in [0.717, 1.165) is 43.8 Å². The first kappa shape index (κ1) is 15.7. The van der Waals surface area contributed by atoms with E-state index in [9.17, 15) is 5.11 Å². The van der Waals surface area contributed by atoms with Crippen LogP contribution in [0.1, 0.15) is 51.4 Å². The highest BCUT2D eigenvalue weighted by molar-refractivity contribution is 4.88. The first-order chi connectivity index (χ1) is 10.3. The number of piperidine rings is 1. The zero-order valence-electron chi connectivity index (χ0n) is 13.2. The van der Waals surface area contributed by atoms with Crippen molar-refractivity contribution < 1.29 is 9.84 Å². The lowest BCUT2D eigenvalue weighted by Gasteiger charge is -2.40. The second-order valence-corrected chi connectivity index (χ2v) is 7.32. The Morgan fingerprint density at radius 2 is 2.05 bits per heavy atom. The van der Waals surface area contributed by atoms with Crippen LogP contribution in [0.15, 0.2) is 0 Å². The minimum absolute atomic E-state index is 0.156. The normalized spacial score (nSPS) is 40.7. The van der Waals surface area contributed by atoms with Gasteiger partial charge in [0, 0.05) is 25.6 Å². The van der Waals surface area contributed by atoms with Crippen LogP contribution in [0.4, 0.5) is 0 Å². The van der Waals surface area contributed by atoms with Crippen LogP contribution in [0.25, 0.3) is 0 Å². The molecule has 4 nitrogen and oxygen atoms in total. The molecule has 3 aliphatic rings. The lowest BCUT2D eigenvalue weighted by atomic mass is 9.75. The summed E-state index contributed by atoms with van der Waals surface area (Å²) < 4.78 is 5.68. The average molecular weight is 296 g/mol. The van der Waals surface area contributed by atoms with E-state index in [1.165, 1.54) is 45.1 Å². The Labute approximate surface area is 129 Å². The smallest absolute Gasteiger partial charge is 0.0724 e. The molecule has 0 aromatic rings. The van der Waals surface area contributed by atoms with E-state index < -0.39 is 0 Å². The summed E-state index contributed by atoms with van der Waals surface area (Å²) in [6, 6.07) is 0.820. The van der Waals surface area contributed by atoms with E-state index in [2.05, 4.69) is 10.6 Å². The molecule has 122 valence electrons. The van der Waals surface area contributed by atoms with E-state index in [-0.39, 0.29) is 12.2 Å². The molecule has 0 aromatic heterocycles. The fourth-order valence-corrected chi connectivity index (χ4v) is 4.38. The standard InChI is InChI=1S/C17H32N2O2/c20-15-6-8-21-16(10-15)12-18-7-5-13-9-14-3-1-2-4-17(14)19-11-13/h13-20H,1-12H2/t13?,14?,15-,16+,17?/m1/s1. The molecule has 1 aliphatic carbocycles. The van der Waals surface area contributed by atoms with E-state index in [4.69, 9.17) is 4.74 Å². The highest BCUT2D eigenvalue weighted by Gasteiger charge is 2.31. The molecule has 2 heterocycles. The zero-order valence-corrected chi connectivity index (χ0v) is 13.2. The number of hydrogen-bond acceptors (Lipinski definition) is 4. The van der Waals surface area contributed by atoms with Crippen LogP contribution >= 0.6 is 0 Å². The lowest BCUT2D eigenvalue weighted by molar-refractivity contribution is -0.0418. The van der Waals surface area contributed by atoms with Crippen molar-refractivity contribution in [3.63, 3.8) is 0 Å². The molecule has 2 saturated heterocycles. The number of ether oxygens (including phenoxy) is 1. The minimum Gasteiger partial charge on any atom is -0.393 e. The summed E-state index contributed by atoms with van der Waals surface area (Å²) >= 11 is 0. The monoisotopic (exact) mass is 296 g/mol. The van der Waals surface area contributed by atoms with Crippen LogP contribution in [0.2, 0.25) is 0 Å². The summed E-state index contributed by atoms with van der Waals surface area (Å²) in [4.78, 5) is 0. The Morgan fingerprint density at radius 1 is 1.14 bits per heavy atom. The Bertz CT molecular complexity index is 313. The largest absolute Gasteiger partial charge is 0.393 e. The van der Waals surface area contributed by atoms with Crippen LogP contribution in [0.5, 0.6) is 0 Å².